The predicted octanol–water partition coefficient (Wildman–Crippen LogP) is 8.88. The zero-order valence-electron chi connectivity index (χ0n) is 32.7. The zero-order valence-corrected chi connectivity index (χ0v) is 33.6. The van der Waals surface area contributed by atoms with Gasteiger partial charge in [-0.3, -0.25) is 18.6 Å². The molecule has 53 heavy (non-hydrogen) atoms. The summed E-state index contributed by atoms with van der Waals surface area (Å²) in [6.45, 7) is 3.30. The van der Waals surface area contributed by atoms with Gasteiger partial charge in [0.1, 0.15) is 6.61 Å². The Kier molecular flexibility index (Phi) is 35.0. The van der Waals surface area contributed by atoms with Crippen LogP contribution in [0.1, 0.15) is 142 Å². The summed E-state index contributed by atoms with van der Waals surface area (Å²) in [6.07, 6.45) is 34.2. The molecular weight excluding hydrogens is 697 g/mol. The number of aliphatic hydroxyl groups excluding tert-OH is 2. The van der Waals surface area contributed by atoms with Crippen LogP contribution in [0.5, 0.6) is 0 Å². The third-order valence-electron chi connectivity index (χ3n) is 8.09. The summed E-state index contributed by atoms with van der Waals surface area (Å²) in [7, 11) is -4.43. The number of nitrogens with two attached hydrogens (primary N) is 1. The van der Waals surface area contributed by atoms with Gasteiger partial charge in [-0.1, -0.05) is 113 Å². The second-order valence-corrected chi connectivity index (χ2v) is 14.5. The first kappa shape index (κ1) is 50.6. The van der Waals surface area contributed by atoms with Gasteiger partial charge >= 0.3 is 19.8 Å². The van der Waals surface area contributed by atoms with Crippen LogP contribution in [0.3, 0.4) is 0 Å². The molecule has 0 aromatic carbocycles. The van der Waals surface area contributed by atoms with Crippen molar-refractivity contribution in [2.24, 2.45) is 5.73 Å². The van der Waals surface area contributed by atoms with Gasteiger partial charge in [-0.05, 0) is 77.0 Å². The van der Waals surface area contributed by atoms with Crippen LogP contribution in [0, 0.1) is 0 Å². The van der Waals surface area contributed by atoms with E-state index in [-0.39, 0.29) is 32.6 Å². The van der Waals surface area contributed by atoms with Gasteiger partial charge in [0, 0.05) is 19.4 Å². The van der Waals surface area contributed by atoms with E-state index < -0.39 is 44.7 Å². The van der Waals surface area contributed by atoms with Gasteiger partial charge in [-0.15, -0.1) is 0 Å². The Morgan fingerprint density at radius 3 is 1.89 bits per heavy atom. The first-order chi connectivity index (χ1) is 25.6. The summed E-state index contributed by atoms with van der Waals surface area (Å²) in [5, 5.41) is 20.4. The summed E-state index contributed by atoms with van der Waals surface area (Å²) < 4.78 is 32.6. The molecule has 0 amide bonds. The van der Waals surface area contributed by atoms with Crippen molar-refractivity contribution in [3.63, 3.8) is 0 Å². The van der Waals surface area contributed by atoms with Gasteiger partial charge in [-0.25, -0.2) is 4.57 Å². The maximum atomic E-state index is 12.6. The maximum Gasteiger partial charge on any atom is 0.472 e. The second kappa shape index (κ2) is 36.6. The Morgan fingerprint density at radius 2 is 1.23 bits per heavy atom. The van der Waals surface area contributed by atoms with Crippen molar-refractivity contribution in [3.05, 3.63) is 60.8 Å². The van der Waals surface area contributed by atoms with Crippen molar-refractivity contribution in [1.29, 1.82) is 0 Å². The lowest BCUT2D eigenvalue weighted by Crippen LogP contribution is -2.29. The van der Waals surface area contributed by atoms with Gasteiger partial charge in [0.2, 0.25) is 0 Å². The highest BCUT2D eigenvalue weighted by molar-refractivity contribution is 7.47. The number of phosphoric ester groups is 1. The molecule has 0 fully saturated rings. The molecule has 11 nitrogen and oxygen atoms in total. The Labute approximate surface area is 320 Å². The fourth-order valence-corrected chi connectivity index (χ4v) is 5.76. The van der Waals surface area contributed by atoms with Crippen molar-refractivity contribution in [3.8, 4) is 0 Å². The lowest BCUT2D eigenvalue weighted by molar-refractivity contribution is -0.161. The highest BCUT2D eigenvalue weighted by Gasteiger charge is 2.26. The molecule has 0 heterocycles. The minimum Gasteiger partial charge on any atom is -0.462 e. The first-order valence-corrected chi connectivity index (χ1v) is 21.4. The molecule has 0 aromatic rings. The Balaban J connectivity index is 4.41. The molecule has 0 aliphatic carbocycles. The lowest BCUT2D eigenvalue weighted by Gasteiger charge is -2.20. The number of hydrogen-bond donors (Lipinski definition) is 4. The molecule has 0 radical (unpaired) electrons. The van der Waals surface area contributed by atoms with E-state index in [0.717, 1.165) is 77.0 Å². The topological polar surface area (TPSA) is 175 Å². The number of esters is 2. The number of phosphoric acid groups is 1. The summed E-state index contributed by atoms with van der Waals surface area (Å²) in [6, 6.07) is 0. The average Bonchev–Trinajstić information content (AvgIpc) is 3.14. The van der Waals surface area contributed by atoms with E-state index >= 15 is 0 Å². The SMILES string of the molecule is CC/C=C\C/C=C\C/C=C\C/C=C\CCCCC(=O)OC[C@H](COP(=O)(O)OCCN)OC(=O)CCCCCCC[C@H](O)[C@@H](O)C/C=C\CCCCC. The molecule has 12 heteroatoms. The normalized spacial score (nSPS) is 15.2. The highest BCUT2D eigenvalue weighted by atomic mass is 31.2. The Bertz CT molecular complexity index is 1090. The molecule has 0 saturated heterocycles. The predicted molar refractivity (Wildman–Crippen MR) is 213 cm³/mol. The molecular formula is C41H72NO10P. The number of unbranched alkanes of at least 4 members (excludes halogenated alkanes) is 9. The third-order valence-corrected chi connectivity index (χ3v) is 9.07. The number of hydrogen-bond acceptors (Lipinski definition) is 10. The fourth-order valence-electron chi connectivity index (χ4n) is 5.00. The van der Waals surface area contributed by atoms with Crippen LogP contribution in [-0.4, -0.2) is 71.7 Å². The molecule has 1 unspecified atom stereocenters. The third kappa shape index (κ3) is 35.1. The molecule has 0 rings (SSSR count). The highest BCUT2D eigenvalue weighted by Crippen LogP contribution is 2.43. The van der Waals surface area contributed by atoms with E-state index in [0.29, 0.717) is 25.7 Å². The van der Waals surface area contributed by atoms with E-state index in [1.54, 1.807) is 0 Å². The molecule has 5 N–H and O–H groups in total. The van der Waals surface area contributed by atoms with E-state index in [9.17, 15) is 29.3 Å². The Hall–Kier alpha value is -2.37. The Morgan fingerprint density at radius 1 is 0.660 bits per heavy atom. The van der Waals surface area contributed by atoms with Crippen LogP contribution in [0.25, 0.3) is 0 Å². The summed E-state index contributed by atoms with van der Waals surface area (Å²) in [5.74, 6) is -0.996. The maximum absolute atomic E-state index is 12.6. The van der Waals surface area contributed by atoms with E-state index in [1.807, 2.05) is 6.08 Å². The number of ether oxygens (including phenoxy) is 2. The quantitative estimate of drug-likeness (QED) is 0.0207. The van der Waals surface area contributed by atoms with Crippen LogP contribution in [-0.2, 0) is 32.7 Å². The number of rotatable bonds is 36. The molecule has 306 valence electrons. The molecule has 0 saturated carbocycles. The summed E-state index contributed by atoms with van der Waals surface area (Å²) in [5.41, 5.74) is 5.32. The molecule has 0 aliphatic heterocycles. The van der Waals surface area contributed by atoms with Crippen LogP contribution < -0.4 is 5.73 Å². The zero-order chi connectivity index (χ0) is 39.3. The van der Waals surface area contributed by atoms with Gasteiger partial charge in [0.15, 0.2) is 6.10 Å². The molecule has 0 bridgehead atoms. The van der Waals surface area contributed by atoms with Crippen molar-refractivity contribution in [1.82, 2.24) is 0 Å². The number of carbonyl (C=O) groups excluding carboxylic acids is 2. The monoisotopic (exact) mass is 769 g/mol. The van der Waals surface area contributed by atoms with E-state index in [1.165, 1.54) is 12.8 Å². The fraction of sp³-hybridized carbons (Fsp3) is 0.707. The number of carbonyl (C=O) groups is 2. The van der Waals surface area contributed by atoms with Gasteiger partial charge in [0.25, 0.3) is 0 Å². The van der Waals surface area contributed by atoms with Crippen LogP contribution in [0.2, 0.25) is 0 Å². The standard InChI is InChI=1S/C41H72NO10P/c1-3-5-7-9-11-12-13-14-15-16-17-18-19-23-27-31-40(45)49-35-37(36-51-53(47,48)50-34-33-42)52-41(46)32-28-24-20-22-26-30-39(44)38(43)29-25-21-10-8-6-4-2/h5,7,11-12,14-15,17-18,21,25,37-39,43-44H,3-4,6,8-10,13,16,19-20,22-24,26-36,42H2,1-2H3,(H,47,48)/b7-5-,12-11-,15-14-,18-17-,25-21-/t37-,38+,39+/m1/s1. The van der Waals surface area contributed by atoms with Gasteiger partial charge in [-0.2, -0.15) is 0 Å². The molecule has 0 aliphatic rings. The summed E-state index contributed by atoms with van der Waals surface area (Å²) in [4.78, 5) is 34.8. The molecule has 0 spiro atoms. The lowest BCUT2D eigenvalue weighted by atomic mass is 10.0. The van der Waals surface area contributed by atoms with E-state index in [4.69, 9.17) is 24.3 Å². The number of allylic oxidation sites excluding steroid dienone is 9. The van der Waals surface area contributed by atoms with Crippen LogP contribution in [0.15, 0.2) is 60.8 Å². The van der Waals surface area contributed by atoms with Gasteiger partial charge < -0.3 is 30.3 Å². The minimum absolute atomic E-state index is 0.0195. The number of aliphatic hydroxyl groups is 2. The van der Waals surface area contributed by atoms with Crippen molar-refractivity contribution in [2.45, 2.75) is 161 Å². The summed E-state index contributed by atoms with van der Waals surface area (Å²) >= 11 is 0. The smallest absolute Gasteiger partial charge is 0.462 e. The second-order valence-electron chi connectivity index (χ2n) is 13.1. The van der Waals surface area contributed by atoms with Crippen molar-refractivity contribution < 1.29 is 47.8 Å². The van der Waals surface area contributed by atoms with Crippen LogP contribution in [0.4, 0.5) is 0 Å². The van der Waals surface area contributed by atoms with Crippen molar-refractivity contribution in [2.75, 3.05) is 26.4 Å². The molecule has 0 aromatic heterocycles. The van der Waals surface area contributed by atoms with Crippen LogP contribution >= 0.6 is 7.82 Å². The van der Waals surface area contributed by atoms with E-state index in [2.05, 4.69) is 68.5 Å². The average molecular weight is 770 g/mol. The first-order valence-electron chi connectivity index (χ1n) is 19.9. The van der Waals surface area contributed by atoms with Crippen molar-refractivity contribution >= 4 is 19.8 Å². The van der Waals surface area contributed by atoms with Gasteiger partial charge in [0.05, 0.1) is 25.4 Å². The largest absolute Gasteiger partial charge is 0.472 e. The minimum atomic E-state index is -4.43. The molecule has 4 atom stereocenters.